The highest BCUT2D eigenvalue weighted by Gasteiger charge is 2.03. The molecule has 1 aromatic carbocycles. The van der Waals surface area contributed by atoms with Crippen LogP contribution in [0.15, 0.2) is 36.7 Å². The first-order valence-corrected chi connectivity index (χ1v) is 6.42. The highest BCUT2D eigenvalue weighted by molar-refractivity contribution is 5.85. The van der Waals surface area contributed by atoms with Crippen molar-refractivity contribution < 1.29 is 9.53 Å². The molecule has 2 N–H and O–H groups in total. The smallest absolute Gasteiger partial charge is 0.411 e. The van der Waals surface area contributed by atoms with E-state index in [2.05, 4.69) is 31.8 Å². The Hall–Kier alpha value is -2.50. The Labute approximate surface area is 117 Å². The van der Waals surface area contributed by atoms with Gasteiger partial charge in [-0.25, -0.2) is 9.78 Å². The standard InChI is InChI=1S/C14H18N4O2/c1-3-18-8-7-15-13(18)10-16-11-5-4-6-12(9-11)17-14(19)20-2/h4-9,16H,3,10H2,1-2H3,(H,17,19). The molecule has 0 spiro atoms. The number of hydrogen-bond acceptors (Lipinski definition) is 4. The molecular formula is C14H18N4O2. The number of benzene rings is 1. The number of methoxy groups -OCH3 is 1. The Morgan fingerprint density at radius 1 is 1.40 bits per heavy atom. The molecule has 106 valence electrons. The summed E-state index contributed by atoms with van der Waals surface area (Å²) in [5, 5.41) is 5.90. The van der Waals surface area contributed by atoms with Gasteiger partial charge in [0.2, 0.25) is 0 Å². The largest absolute Gasteiger partial charge is 0.453 e. The van der Waals surface area contributed by atoms with Gasteiger partial charge >= 0.3 is 6.09 Å². The van der Waals surface area contributed by atoms with Crippen LogP contribution in [0.5, 0.6) is 0 Å². The van der Waals surface area contributed by atoms with E-state index in [1.165, 1.54) is 7.11 Å². The predicted octanol–water partition coefficient (Wildman–Crippen LogP) is 2.69. The van der Waals surface area contributed by atoms with Gasteiger partial charge in [-0.2, -0.15) is 0 Å². The van der Waals surface area contributed by atoms with Gasteiger partial charge in [-0.1, -0.05) is 6.07 Å². The normalized spacial score (nSPS) is 10.1. The monoisotopic (exact) mass is 274 g/mol. The minimum absolute atomic E-state index is 0.483. The second-order valence-corrected chi connectivity index (χ2v) is 4.18. The van der Waals surface area contributed by atoms with Crippen LogP contribution in [-0.4, -0.2) is 22.8 Å². The van der Waals surface area contributed by atoms with E-state index in [1.54, 1.807) is 12.3 Å². The van der Waals surface area contributed by atoms with Crippen molar-refractivity contribution >= 4 is 17.5 Å². The molecule has 2 aromatic rings. The fourth-order valence-electron chi connectivity index (χ4n) is 1.85. The van der Waals surface area contributed by atoms with Crippen molar-refractivity contribution in [2.24, 2.45) is 0 Å². The number of nitrogens with one attached hydrogen (secondary N) is 2. The molecule has 0 bridgehead atoms. The van der Waals surface area contributed by atoms with Crippen molar-refractivity contribution in [3.63, 3.8) is 0 Å². The average Bonchev–Trinajstić information content (AvgIpc) is 2.93. The number of amides is 1. The lowest BCUT2D eigenvalue weighted by Gasteiger charge is -2.10. The highest BCUT2D eigenvalue weighted by atomic mass is 16.5. The van der Waals surface area contributed by atoms with E-state index in [1.807, 2.05) is 24.4 Å². The topological polar surface area (TPSA) is 68.2 Å². The quantitative estimate of drug-likeness (QED) is 0.879. The van der Waals surface area contributed by atoms with Crippen molar-refractivity contribution in [3.05, 3.63) is 42.5 Å². The van der Waals surface area contributed by atoms with Crippen LogP contribution in [-0.2, 0) is 17.8 Å². The van der Waals surface area contributed by atoms with Gasteiger partial charge in [0.05, 0.1) is 13.7 Å². The van der Waals surface area contributed by atoms with Crippen molar-refractivity contribution in [1.82, 2.24) is 9.55 Å². The Bertz CT molecular complexity index is 580. The predicted molar refractivity (Wildman–Crippen MR) is 77.7 cm³/mol. The highest BCUT2D eigenvalue weighted by Crippen LogP contribution is 2.16. The van der Waals surface area contributed by atoms with Gasteiger partial charge in [-0.15, -0.1) is 0 Å². The van der Waals surface area contributed by atoms with Crippen LogP contribution in [0, 0.1) is 0 Å². The molecule has 0 unspecified atom stereocenters. The number of carbonyl (C=O) groups is 1. The molecule has 2 rings (SSSR count). The molecule has 1 aromatic heterocycles. The van der Waals surface area contributed by atoms with Crippen LogP contribution in [0.3, 0.4) is 0 Å². The number of ether oxygens (including phenoxy) is 1. The molecule has 0 radical (unpaired) electrons. The molecule has 6 heteroatoms. The summed E-state index contributed by atoms with van der Waals surface area (Å²) in [5.41, 5.74) is 1.59. The summed E-state index contributed by atoms with van der Waals surface area (Å²) in [7, 11) is 1.34. The summed E-state index contributed by atoms with van der Waals surface area (Å²) in [4.78, 5) is 15.5. The summed E-state index contributed by atoms with van der Waals surface area (Å²) in [6.07, 6.45) is 3.26. The fourth-order valence-corrected chi connectivity index (χ4v) is 1.85. The lowest BCUT2D eigenvalue weighted by Crippen LogP contribution is -2.11. The number of carbonyl (C=O) groups excluding carboxylic acids is 1. The number of rotatable bonds is 5. The lowest BCUT2D eigenvalue weighted by molar-refractivity contribution is 0.187. The van der Waals surface area contributed by atoms with Crippen LogP contribution in [0.4, 0.5) is 16.2 Å². The minimum Gasteiger partial charge on any atom is -0.453 e. The number of nitrogens with zero attached hydrogens (tertiary/aromatic N) is 2. The number of hydrogen-bond donors (Lipinski definition) is 2. The number of imidazole rings is 1. The number of anilines is 2. The zero-order chi connectivity index (χ0) is 14.4. The molecule has 1 heterocycles. The molecule has 1 amide bonds. The summed E-state index contributed by atoms with van der Waals surface area (Å²) in [5.74, 6) is 0.971. The Morgan fingerprint density at radius 3 is 2.95 bits per heavy atom. The van der Waals surface area contributed by atoms with E-state index in [0.29, 0.717) is 12.2 Å². The van der Waals surface area contributed by atoms with Gasteiger partial charge in [0, 0.05) is 30.3 Å². The van der Waals surface area contributed by atoms with E-state index in [4.69, 9.17) is 0 Å². The van der Waals surface area contributed by atoms with Crippen LogP contribution < -0.4 is 10.6 Å². The van der Waals surface area contributed by atoms with Gasteiger partial charge in [-0.3, -0.25) is 5.32 Å². The summed E-state index contributed by atoms with van der Waals surface area (Å²) in [6.45, 7) is 3.59. The molecule has 0 fully saturated rings. The third kappa shape index (κ3) is 3.50. The van der Waals surface area contributed by atoms with E-state index in [9.17, 15) is 4.79 Å². The third-order valence-corrected chi connectivity index (χ3v) is 2.89. The maximum absolute atomic E-state index is 11.2. The molecular weight excluding hydrogens is 256 g/mol. The SMILES string of the molecule is CCn1ccnc1CNc1cccc(NC(=O)OC)c1. The third-order valence-electron chi connectivity index (χ3n) is 2.89. The van der Waals surface area contributed by atoms with Crippen LogP contribution in [0.2, 0.25) is 0 Å². The average molecular weight is 274 g/mol. The van der Waals surface area contributed by atoms with Crippen molar-refractivity contribution in [1.29, 1.82) is 0 Å². The van der Waals surface area contributed by atoms with Crippen molar-refractivity contribution in [2.45, 2.75) is 20.0 Å². The molecule has 0 saturated heterocycles. The first kappa shape index (κ1) is 13.9. The van der Waals surface area contributed by atoms with E-state index < -0.39 is 6.09 Å². The van der Waals surface area contributed by atoms with Gasteiger partial charge in [0.25, 0.3) is 0 Å². The molecule has 0 aliphatic carbocycles. The maximum Gasteiger partial charge on any atom is 0.411 e. The van der Waals surface area contributed by atoms with Gasteiger partial charge in [0.15, 0.2) is 0 Å². The lowest BCUT2D eigenvalue weighted by atomic mass is 10.2. The molecule has 20 heavy (non-hydrogen) atoms. The number of aromatic nitrogens is 2. The van der Waals surface area contributed by atoms with E-state index in [-0.39, 0.29) is 0 Å². The summed E-state index contributed by atoms with van der Waals surface area (Å²) < 4.78 is 6.63. The van der Waals surface area contributed by atoms with Crippen molar-refractivity contribution in [3.8, 4) is 0 Å². The van der Waals surface area contributed by atoms with Gasteiger partial charge in [-0.05, 0) is 25.1 Å². The molecule has 0 atom stereocenters. The molecule has 0 aliphatic rings. The first-order chi connectivity index (χ1) is 9.72. The van der Waals surface area contributed by atoms with Crippen LogP contribution in [0.25, 0.3) is 0 Å². The Kier molecular flexibility index (Phi) is 4.60. The van der Waals surface area contributed by atoms with Crippen LogP contribution in [0.1, 0.15) is 12.7 Å². The minimum atomic E-state index is -0.483. The van der Waals surface area contributed by atoms with E-state index >= 15 is 0 Å². The summed E-state index contributed by atoms with van der Waals surface area (Å²) >= 11 is 0. The zero-order valence-corrected chi connectivity index (χ0v) is 11.6. The molecule has 0 saturated carbocycles. The second kappa shape index (κ2) is 6.60. The zero-order valence-electron chi connectivity index (χ0n) is 11.6. The van der Waals surface area contributed by atoms with Crippen molar-refractivity contribution in [2.75, 3.05) is 17.7 Å². The van der Waals surface area contributed by atoms with Crippen LogP contribution >= 0.6 is 0 Å². The maximum atomic E-state index is 11.2. The van der Waals surface area contributed by atoms with E-state index in [0.717, 1.165) is 18.1 Å². The Morgan fingerprint density at radius 2 is 2.20 bits per heavy atom. The van der Waals surface area contributed by atoms with Gasteiger partial charge < -0.3 is 14.6 Å². The molecule has 6 nitrogen and oxygen atoms in total. The second-order valence-electron chi connectivity index (χ2n) is 4.18. The Balaban J connectivity index is 1.99. The first-order valence-electron chi connectivity index (χ1n) is 6.42. The molecule has 0 aliphatic heterocycles. The summed E-state index contributed by atoms with van der Waals surface area (Å²) in [6, 6.07) is 7.44. The van der Waals surface area contributed by atoms with Gasteiger partial charge in [0.1, 0.15) is 5.82 Å². The fraction of sp³-hybridized carbons (Fsp3) is 0.286. The number of aryl methyl sites for hydroxylation is 1.